The zero-order chi connectivity index (χ0) is 35.9. The Kier molecular flexibility index (Phi) is 11.2. The van der Waals surface area contributed by atoms with Gasteiger partial charge in [-0.2, -0.15) is 4.98 Å². The molecule has 2 aliphatic heterocycles. The first-order valence-electron chi connectivity index (χ1n) is 16.5. The van der Waals surface area contributed by atoms with E-state index in [1.54, 1.807) is 40.3 Å². The van der Waals surface area contributed by atoms with Crippen molar-refractivity contribution in [1.29, 1.82) is 0 Å². The third-order valence-corrected chi connectivity index (χ3v) is 8.78. The molecule has 4 aromatic rings. The second-order valence-corrected chi connectivity index (χ2v) is 12.7. The van der Waals surface area contributed by atoms with Gasteiger partial charge in [-0.05, 0) is 56.1 Å². The predicted molar refractivity (Wildman–Crippen MR) is 200 cm³/mol. The summed E-state index contributed by atoms with van der Waals surface area (Å²) in [4.78, 5) is 43.9. The Hall–Kier alpha value is -5.37. The van der Waals surface area contributed by atoms with Crippen molar-refractivity contribution in [3.63, 3.8) is 0 Å². The number of aromatic nitrogens is 2. The standard InChI is InChI=1S/C37H41ClN8O5/c1-43(2)14-6-9-33(47)40-28-8-5-7-25(19-28)23-46-35-26(24-45(37(46)48)31-20-30(49-3)21-32(50-4)34(31)38)22-39-36(42-35)41-27-10-12-29(13-11-27)44-15-17-51-18-16-44/h5-13,19-22H,14-18,23-24H2,1-4H3,(H,40,47)(H,39,41,42)/b9-6+. The van der Waals surface area contributed by atoms with Gasteiger partial charge >= 0.3 is 6.03 Å². The van der Waals surface area contributed by atoms with E-state index in [1.165, 1.54) is 20.3 Å². The van der Waals surface area contributed by atoms with Gasteiger partial charge in [-0.15, -0.1) is 0 Å². The van der Waals surface area contributed by atoms with E-state index >= 15 is 0 Å². The fourth-order valence-electron chi connectivity index (χ4n) is 5.82. The van der Waals surface area contributed by atoms with Gasteiger partial charge in [0.05, 0.1) is 46.2 Å². The van der Waals surface area contributed by atoms with Crippen LogP contribution in [0.25, 0.3) is 0 Å². The van der Waals surface area contributed by atoms with E-state index in [4.69, 9.17) is 30.8 Å². The number of benzene rings is 3. The Labute approximate surface area is 302 Å². The molecule has 0 spiro atoms. The Balaban J connectivity index is 1.31. The van der Waals surface area contributed by atoms with Crippen molar-refractivity contribution < 1.29 is 23.8 Å². The molecule has 2 N–H and O–H groups in total. The molecule has 0 unspecified atom stereocenters. The van der Waals surface area contributed by atoms with Crippen molar-refractivity contribution in [3.8, 4) is 11.5 Å². The minimum absolute atomic E-state index is 0.145. The van der Waals surface area contributed by atoms with Crippen LogP contribution in [0.5, 0.6) is 11.5 Å². The van der Waals surface area contributed by atoms with Crippen LogP contribution in [0.1, 0.15) is 11.1 Å². The maximum Gasteiger partial charge on any atom is 0.330 e. The molecule has 14 heteroatoms. The summed E-state index contributed by atoms with van der Waals surface area (Å²) in [6, 6.07) is 18.4. The number of methoxy groups -OCH3 is 2. The zero-order valence-corrected chi connectivity index (χ0v) is 29.8. The second kappa shape index (κ2) is 16.1. The maximum atomic E-state index is 14.5. The average Bonchev–Trinajstić information content (AvgIpc) is 3.13. The van der Waals surface area contributed by atoms with Crippen molar-refractivity contribution in [2.45, 2.75) is 13.1 Å². The number of amides is 3. The first-order valence-corrected chi connectivity index (χ1v) is 16.9. The molecule has 0 bridgehead atoms. The fourth-order valence-corrected chi connectivity index (χ4v) is 6.11. The van der Waals surface area contributed by atoms with Crippen LogP contribution in [0.2, 0.25) is 5.02 Å². The van der Waals surface area contributed by atoms with Crippen molar-refractivity contribution in [1.82, 2.24) is 14.9 Å². The minimum atomic E-state index is -0.361. The monoisotopic (exact) mass is 712 g/mol. The lowest BCUT2D eigenvalue weighted by molar-refractivity contribution is -0.111. The molecular formula is C37H41ClN8O5. The topological polar surface area (TPSA) is 125 Å². The quantitative estimate of drug-likeness (QED) is 0.171. The summed E-state index contributed by atoms with van der Waals surface area (Å²) in [5.74, 6) is 1.39. The Bertz CT molecular complexity index is 1900. The van der Waals surface area contributed by atoms with Crippen LogP contribution in [-0.2, 0) is 22.6 Å². The number of fused-ring (bicyclic) bond motifs is 1. The molecular weight excluding hydrogens is 672 g/mol. The normalized spacial score (nSPS) is 14.5. The molecule has 0 aliphatic carbocycles. The van der Waals surface area contributed by atoms with Gasteiger partial charge in [-0.3, -0.25) is 14.6 Å². The number of hydrogen-bond donors (Lipinski definition) is 2. The molecule has 1 fully saturated rings. The molecule has 6 rings (SSSR count). The van der Waals surface area contributed by atoms with Crippen molar-refractivity contribution in [2.24, 2.45) is 0 Å². The number of morpholine rings is 1. The predicted octanol–water partition coefficient (Wildman–Crippen LogP) is 5.93. The van der Waals surface area contributed by atoms with Crippen LogP contribution >= 0.6 is 11.6 Å². The highest BCUT2D eigenvalue weighted by atomic mass is 35.5. The Morgan fingerprint density at radius 3 is 2.55 bits per heavy atom. The maximum absolute atomic E-state index is 14.5. The molecule has 0 atom stereocenters. The van der Waals surface area contributed by atoms with Gasteiger partial charge in [0, 0.05) is 66.7 Å². The van der Waals surface area contributed by atoms with Crippen LogP contribution in [0.15, 0.2) is 79.0 Å². The van der Waals surface area contributed by atoms with E-state index in [-0.39, 0.29) is 30.1 Å². The average molecular weight is 713 g/mol. The van der Waals surface area contributed by atoms with E-state index in [1.807, 2.05) is 49.3 Å². The number of rotatable bonds is 12. The smallest absolute Gasteiger partial charge is 0.330 e. The van der Waals surface area contributed by atoms with Crippen LogP contribution < -0.4 is 34.8 Å². The zero-order valence-electron chi connectivity index (χ0n) is 29.1. The fraction of sp³-hybridized carbons (Fsp3) is 0.297. The SMILES string of the molecule is COc1cc(OC)c(Cl)c(N2Cc3cnc(Nc4ccc(N5CCOCC5)cc4)nc3N(Cc3cccc(NC(=O)/C=C/CN(C)C)c3)C2=O)c1. The first kappa shape index (κ1) is 35.5. The summed E-state index contributed by atoms with van der Waals surface area (Å²) >= 11 is 6.78. The highest BCUT2D eigenvalue weighted by Crippen LogP contribution is 2.42. The molecule has 13 nitrogen and oxygen atoms in total. The molecule has 1 aromatic heterocycles. The Morgan fingerprint density at radius 2 is 1.82 bits per heavy atom. The van der Waals surface area contributed by atoms with E-state index in [9.17, 15) is 9.59 Å². The summed E-state index contributed by atoms with van der Waals surface area (Å²) in [7, 11) is 6.90. The van der Waals surface area contributed by atoms with Crippen LogP contribution in [0.4, 0.5) is 39.3 Å². The number of likely N-dealkylation sites (N-methyl/N-ethyl adjacent to an activating group) is 1. The van der Waals surface area contributed by atoms with Crippen molar-refractivity contribution in [2.75, 3.05) is 86.5 Å². The number of halogens is 1. The van der Waals surface area contributed by atoms with Crippen molar-refractivity contribution in [3.05, 3.63) is 95.2 Å². The van der Waals surface area contributed by atoms with E-state index < -0.39 is 0 Å². The van der Waals surface area contributed by atoms with E-state index in [0.29, 0.717) is 60.0 Å². The number of ether oxygens (including phenoxy) is 3. The number of hydrogen-bond acceptors (Lipinski definition) is 10. The molecule has 0 radical (unpaired) electrons. The Morgan fingerprint density at radius 1 is 1.04 bits per heavy atom. The highest BCUT2D eigenvalue weighted by Gasteiger charge is 2.35. The molecule has 51 heavy (non-hydrogen) atoms. The molecule has 0 saturated carbocycles. The molecule has 3 amide bonds. The largest absolute Gasteiger partial charge is 0.497 e. The molecule has 1 saturated heterocycles. The van der Waals surface area contributed by atoms with E-state index in [2.05, 4.69) is 32.7 Å². The van der Waals surface area contributed by atoms with Crippen LogP contribution in [-0.4, -0.2) is 88.0 Å². The number of nitrogens with one attached hydrogen (secondary N) is 2. The summed E-state index contributed by atoms with van der Waals surface area (Å²) in [5, 5.41) is 6.46. The van der Waals surface area contributed by atoms with Gasteiger partial charge in [0.15, 0.2) is 0 Å². The number of nitrogens with zero attached hydrogens (tertiary/aromatic N) is 6. The van der Waals surface area contributed by atoms with Gasteiger partial charge < -0.3 is 34.6 Å². The van der Waals surface area contributed by atoms with Gasteiger partial charge in [-0.1, -0.05) is 29.8 Å². The summed E-state index contributed by atoms with van der Waals surface area (Å²) in [6.07, 6.45) is 5.00. The van der Waals surface area contributed by atoms with Gasteiger partial charge in [0.25, 0.3) is 0 Å². The lowest BCUT2D eigenvalue weighted by atomic mass is 10.1. The van der Waals surface area contributed by atoms with Crippen LogP contribution in [0, 0.1) is 0 Å². The molecule has 3 heterocycles. The lowest BCUT2D eigenvalue weighted by Crippen LogP contribution is -2.47. The molecule has 2 aliphatic rings. The van der Waals surface area contributed by atoms with Gasteiger partial charge in [-0.25, -0.2) is 9.78 Å². The van der Waals surface area contributed by atoms with Crippen LogP contribution in [0.3, 0.4) is 0 Å². The number of urea groups is 1. The lowest BCUT2D eigenvalue weighted by Gasteiger charge is -2.36. The van der Waals surface area contributed by atoms with Crippen molar-refractivity contribution >= 4 is 58.1 Å². The summed E-state index contributed by atoms with van der Waals surface area (Å²) < 4.78 is 16.5. The molecule has 3 aromatic carbocycles. The van der Waals surface area contributed by atoms with Gasteiger partial charge in [0.1, 0.15) is 22.3 Å². The third-order valence-electron chi connectivity index (χ3n) is 8.40. The summed E-state index contributed by atoms with van der Waals surface area (Å²) in [5.41, 5.74) is 4.41. The number of carbonyl (C=O) groups is 2. The number of carbonyl (C=O) groups excluding carboxylic acids is 2. The minimum Gasteiger partial charge on any atom is -0.497 e. The molecule has 266 valence electrons. The van der Waals surface area contributed by atoms with Gasteiger partial charge in [0.2, 0.25) is 11.9 Å². The first-order chi connectivity index (χ1) is 24.7. The highest BCUT2D eigenvalue weighted by molar-refractivity contribution is 6.35. The van der Waals surface area contributed by atoms with E-state index in [0.717, 1.165) is 30.0 Å². The third kappa shape index (κ3) is 8.51. The second-order valence-electron chi connectivity index (χ2n) is 12.3. The summed E-state index contributed by atoms with van der Waals surface area (Å²) in [6.45, 7) is 4.05. The number of anilines is 6.